The average molecular weight is 370 g/mol. The topological polar surface area (TPSA) is 50.8 Å². The summed E-state index contributed by atoms with van der Waals surface area (Å²) < 4.78 is 12.1. The predicted octanol–water partition coefficient (Wildman–Crippen LogP) is 3.68. The van der Waals surface area contributed by atoms with Crippen LogP contribution in [0.1, 0.15) is 49.3 Å². The van der Waals surface area contributed by atoms with E-state index >= 15 is 0 Å². The van der Waals surface area contributed by atoms with Crippen LogP contribution in [0.4, 0.5) is 4.79 Å². The summed E-state index contributed by atoms with van der Waals surface area (Å²) in [5.74, 6) is 1.05. The molecule has 1 N–H and O–H groups in total. The number of carbonyl (C=O) groups excluding carboxylic acids is 1. The van der Waals surface area contributed by atoms with Gasteiger partial charge in [-0.15, -0.1) is 0 Å². The van der Waals surface area contributed by atoms with Crippen LogP contribution in [0.5, 0.6) is 5.75 Å². The SMILES string of the molecule is CCCCNC(=O)O[C@H]1C=C[C@@]23CCN(C)Cc4ccc(C)c(c42)O[C@H]3C1. The van der Waals surface area contributed by atoms with Gasteiger partial charge in [0.15, 0.2) is 0 Å². The van der Waals surface area contributed by atoms with E-state index in [0.29, 0.717) is 13.0 Å². The quantitative estimate of drug-likeness (QED) is 0.649. The molecule has 0 radical (unpaired) electrons. The zero-order valence-corrected chi connectivity index (χ0v) is 16.6. The van der Waals surface area contributed by atoms with Gasteiger partial charge in [-0.1, -0.05) is 31.6 Å². The van der Waals surface area contributed by atoms with Crippen molar-refractivity contribution in [1.29, 1.82) is 0 Å². The molecule has 0 unspecified atom stereocenters. The van der Waals surface area contributed by atoms with Crippen molar-refractivity contribution in [3.8, 4) is 5.75 Å². The number of carbonyl (C=O) groups is 1. The van der Waals surface area contributed by atoms with Crippen molar-refractivity contribution < 1.29 is 14.3 Å². The lowest BCUT2D eigenvalue weighted by Gasteiger charge is -2.36. The molecule has 27 heavy (non-hydrogen) atoms. The van der Waals surface area contributed by atoms with Gasteiger partial charge in [0.05, 0.1) is 5.41 Å². The van der Waals surface area contributed by atoms with Crippen molar-refractivity contribution in [2.24, 2.45) is 0 Å². The number of rotatable bonds is 4. The number of nitrogens with zero attached hydrogens (tertiary/aromatic N) is 1. The lowest BCUT2D eigenvalue weighted by atomic mass is 9.69. The fourth-order valence-electron chi connectivity index (χ4n) is 4.70. The zero-order chi connectivity index (χ0) is 19.0. The number of nitrogens with one attached hydrogen (secondary N) is 1. The van der Waals surface area contributed by atoms with Crippen LogP contribution in [0.15, 0.2) is 24.3 Å². The number of amides is 1. The number of aryl methyl sites for hydroxylation is 1. The highest BCUT2D eigenvalue weighted by atomic mass is 16.6. The Hall–Kier alpha value is -2.01. The van der Waals surface area contributed by atoms with Crippen LogP contribution in [-0.2, 0) is 16.7 Å². The Morgan fingerprint density at radius 1 is 1.44 bits per heavy atom. The normalized spacial score (nSPS) is 28.7. The maximum atomic E-state index is 12.0. The number of hydrogen-bond acceptors (Lipinski definition) is 4. The molecule has 1 aromatic rings. The van der Waals surface area contributed by atoms with Gasteiger partial charge in [0, 0.05) is 25.1 Å². The fraction of sp³-hybridized carbons (Fsp3) is 0.591. The minimum Gasteiger partial charge on any atom is -0.488 e. The molecule has 146 valence electrons. The molecular formula is C22H30N2O3. The molecule has 3 aliphatic rings. The van der Waals surface area contributed by atoms with Crippen LogP contribution in [-0.4, -0.2) is 43.3 Å². The Kier molecular flexibility index (Phi) is 4.89. The number of benzene rings is 1. The van der Waals surface area contributed by atoms with E-state index in [-0.39, 0.29) is 23.7 Å². The van der Waals surface area contributed by atoms with Gasteiger partial charge < -0.3 is 19.7 Å². The van der Waals surface area contributed by atoms with Crippen molar-refractivity contribution >= 4 is 6.09 Å². The number of alkyl carbamates (subject to hydrolysis) is 1. The van der Waals surface area contributed by atoms with Gasteiger partial charge in [0.1, 0.15) is 18.0 Å². The van der Waals surface area contributed by atoms with E-state index in [4.69, 9.17) is 9.47 Å². The molecule has 0 aromatic heterocycles. The van der Waals surface area contributed by atoms with Crippen LogP contribution in [0.25, 0.3) is 0 Å². The third-order valence-electron chi connectivity index (χ3n) is 6.20. The molecule has 0 saturated heterocycles. The molecule has 1 aromatic carbocycles. The number of ether oxygens (including phenoxy) is 2. The highest BCUT2D eigenvalue weighted by molar-refractivity contribution is 5.67. The maximum Gasteiger partial charge on any atom is 0.407 e. The van der Waals surface area contributed by atoms with Crippen molar-refractivity contribution in [3.63, 3.8) is 0 Å². The summed E-state index contributed by atoms with van der Waals surface area (Å²) in [6.07, 6.45) is 7.55. The van der Waals surface area contributed by atoms with E-state index < -0.39 is 0 Å². The molecule has 1 amide bonds. The van der Waals surface area contributed by atoms with Crippen LogP contribution in [0, 0.1) is 6.92 Å². The summed E-state index contributed by atoms with van der Waals surface area (Å²) in [7, 11) is 2.18. The van der Waals surface area contributed by atoms with Crippen LogP contribution < -0.4 is 10.1 Å². The molecule has 4 rings (SSSR count). The van der Waals surface area contributed by atoms with Crippen molar-refractivity contribution in [2.45, 2.75) is 63.7 Å². The smallest absolute Gasteiger partial charge is 0.407 e. The van der Waals surface area contributed by atoms with Crippen LogP contribution in [0.3, 0.4) is 0 Å². The van der Waals surface area contributed by atoms with E-state index in [1.54, 1.807) is 0 Å². The summed E-state index contributed by atoms with van der Waals surface area (Å²) >= 11 is 0. The van der Waals surface area contributed by atoms with Gasteiger partial charge in [-0.25, -0.2) is 4.79 Å². The zero-order valence-electron chi connectivity index (χ0n) is 16.6. The van der Waals surface area contributed by atoms with Gasteiger partial charge in [-0.05, 0) is 50.6 Å². The van der Waals surface area contributed by atoms with Crippen molar-refractivity contribution in [1.82, 2.24) is 10.2 Å². The van der Waals surface area contributed by atoms with E-state index in [2.05, 4.69) is 55.4 Å². The van der Waals surface area contributed by atoms with E-state index in [0.717, 1.165) is 38.1 Å². The van der Waals surface area contributed by atoms with Crippen LogP contribution >= 0.6 is 0 Å². The average Bonchev–Trinajstić information content (AvgIpc) is 2.91. The second kappa shape index (κ2) is 7.19. The number of unbranched alkanes of at least 4 members (excludes halogenated alkanes) is 1. The first-order valence-corrected chi connectivity index (χ1v) is 10.2. The summed E-state index contributed by atoms with van der Waals surface area (Å²) in [5, 5.41) is 2.83. The Bertz CT molecular complexity index is 760. The van der Waals surface area contributed by atoms with E-state index in [1.807, 2.05) is 0 Å². The molecule has 1 aliphatic carbocycles. The van der Waals surface area contributed by atoms with Gasteiger partial charge in [0.25, 0.3) is 0 Å². The Balaban J connectivity index is 1.58. The third-order valence-corrected chi connectivity index (χ3v) is 6.20. The fourth-order valence-corrected chi connectivity index (χ4v) is 4.70. The first kappa shape index (κ1) is 18.4. The van der Waals surface area contributed by atoms with E-state index in [1.165, 1.54) is 16.7 Å². The third kappa shape index (κ3) is 3.22. The highest BCUT2D eigenvalue weighted by Crippen LogP contribution is 2.53. The molecule has 1 spiro atoms. The molecule has 2 heterocycles. The molecule has 2 aliphatic heterocycles. The second-order valence-electron chi connectivity index (χ2n) is 8.20. The Morgan fingerprint density at radius 2 is 2.30 bits per heavy atom. The molecule has 3 atom stereocenters. The summed E-state index contributed by atoms with van der Waals surface area (Å²) in [5.41, 5.74) is 3.81. The Morgan fingerprint density at radius 3 is 3.11 bits per heavy atom. The summed E-state index contributed by atoms with van der Waals surface area (Å²) in [6.45, 7) is 6.87. The van der Waals surface area contributed by atoms with Gasteiger partial charge >= 0.3 is 6.09 Å². The first-order chi connectivity index (χ1) is 13.0. The van der Waals surface area contributed by atoms with Crippen LogP contribution in [0.2, 0.25) is 0 Å². The highest BCUT2D eigenvalue weighted by Gasteiger charge is 2.52. The van der Waals surface area contributed by atoms with E-state index in [9.17, 15) is 4.79 Å². The monoisotopic (exact) mass is 370 g/mol. The minimum atomic E-state index is -0.331. The molecule has 5 nitrogen and oxygen atoms in total. The molecule has 0 bridgehead atoms. The number of hydrogen-bond donors (Lipinski definition) is 1. The second-order valence-corrected chi connectivity index (χ2v) is 8.20. The maximum absolute atomic E-state index is 12.0. The largest absolute Gasteiger partial charge is 0.488 e. The summed E-state index contributed by atoms with van der Waals surface area (Å²) in [4.78, 5) is 14.4. The minimum absolute atomic E-state index is 0.0253. The van der Waals surface area contributed by atoms with Gasteiger partial charge in [-0.2, -0.15) is 0 Å². The molecule has 5 heteroatoms. The standard InChI is InChI=1S/C22H30N2O3/c1-4-5-11-23-21(25)26-17-8-9-22-10-12-24(3)14-16-7-6-15(2)20(19(16)22)27-18(22)13-17/h6-9,17-18H,4-5,10-14H2,1-3H3,(H,23,25)/t17-,18-,22-/m0/s1. The summed E-state index contributed by atoms with van der Waals surface area (Å²) in [6, 6.07) is 4.41. The lowest BCUT2D eigenvalue weighted by Crippen LogP contribution is -2.44. The molecule has 0 saturated carbocycles. The van der Waals surface area contributed by atoms with Crippen molar-refractivity contribution in [2.75, 3.05) is 20.1 Å². The predicted molar refractivity (Wildman–Crippen MR) is 105 cm³/mol. The lowest BCUT2D eigenvalue weighted by molar-refractivity contribution is 0.0612. The van der Waals surface area contributed by atoms with Crippen molar-refractivity contribution in [3.05, 3.63) is 41.0 Å². The Labute approximate surface area is 161 Å². The van der Waals surface area contributed by atoms with Gasteiger partial charge in [-0.3, -0.25) is 0 Å². The molecule has 0 fully saturated rings. The first-order valence-electron chi connectivity index (χ1n) is 10.2. The molecular weight excluding hydrogens is 340 g/mol. The van der Waals surface area contributed by atoms with Gasteiger partial charge in [0.2, 0.25) is 0 Å².